The lowest BCUT2D eigenvalue weighted by Gasteiger charge is -1.97. The zero-order chi connectivity index (χ0) is 9.60. The summed E-state index contributed by atoms with van der Waals surface area (Å²) < 4.78 is 5.11. The number of nitrogens with zero attached hydrogens (tertiary/aromatic N) is 3. The van der Waals surface area contributed by atoms with Crippen LogP contribution in [0.5, 0.6) is 0 Å². The summed E-state index contributed by atoms with van der Waals surface area (Å²) in [6, 6.07) is 0. The summed E-state index contributed by atoms with van der Waals surface area (Å²) in [5.41, 5.74) is 7.31. The molecule has 2 N–H and O–H groups in total. The molecule has 1 aliphatic carbocycles. The second-order valence-electron chi connectivity index (χ2n) is 3.44. The lowest BCUT2D eigenvalue weighted by atomic mass is 10.3. The van der Waals surface area contributed by atoms with Gasteiger partial charge in [0.25, 0.3) is 0 Å². The Morgan fingerprint density at radius 3 is 3.00 bits per heavy atom. The Morgan fingerprint density at radius 1 is 1.50 bits per heavy atom. The molecule has 0 saturated heterocycles. The van der Waals surface area contributed by atoms with Crippen LogP contribution >= 0.6 is 11.3 Å². The van der Waals surface area contributed by atoms with Crippen LogP contribution in [0.25, 0.3) is 10.7 Å². The minimum Gasteiger partial charge on any atom is -0.337 e. The van der Waals surface area contributed by atoms with E-state index in [1.54, 1.807) is 11.7 Å². The lowest BCUT2D eigenvalue weighted by molar-refractivity contribution is 0.348. The number of aromatic nitrogens is 3. The third-order valence-corrected chi connectivity index (χ3v) is 3.06. The van der Waals surface area contributed by atoms with E-state index in [0.29, 0.717) is 11.7 Å². The van der Waals surface area contributed by atoms with Crippen molar-refractivity contribution in [2.24, 2.45) is 5.73 Å². The molecule has 2 heterocycles. The highest BCUT2D eigenvalue weighted by molar-refractivity contribution is 7.13. The number of hydrogen-bond acceptors (Lipinski definition) is 6. The van der Waals surface area contributed by atoms with Crippen molar-refractivity contribution < 1.29 is 4.52 Å². The maximum atomic E-state index is 5.93. The first-order valence-corrected chi connectivity index (χ1v) is 5.18. The molecular formula is C8H8N4OS. The first-order chi connectivity index (χ1) is 6.78. The zero-order valence-electron chi connectivity index (χ0n) is 7.30. The molecule has 1 aliphatic rings. The Hall–Kier alpha value is -1.27. The van der Waals surface area contributed by atoms with E-state index < -0.39 is 0 Å². The average molecular weight is 208 g/mol. The van der Waals surface area contributed by atoms with Gasteiger partial charge >= 0.3 is 0 Å². The molecule has 2 aromatic rings. The maximum Gasteiger partial charge on any atom is 0.247 e. The van der Waals surface area contributed by atoms with Crippen molar-refractivity contribution in [3.8, 4) is 10.7 Å². The van der Waals surface area contributed by atoms with Gasteiger partial charge in [-0.1, -0.05) is 5.16 Å². The summed E-state index contributed by atoms with van der Waals surface area (Å²) in [4.78, 5) is 9.11. The highest BCUT2D eigenvalue weighted by Gasteiger charge is 2.45. The highest BCUT2D eigenvalue weighted by atomic mass is 32.1. The molecule has 0 unspecified atom stereocenters. The van der Waals surface area contributed by atoms with Crippen molar-refractivity contribution in [2.75, 3.05) is 0 Å². The maximum absolute atomic E-state index is 5.93. The van der Waals surface area contributed by atoms with Gasteiger partial charge in [-0.15, -0.1) is 11.3 Å². The largest absolute Gasteiger partial charge is 0.337 e. The number of thiazole rings is 1. The highest BCUT2D eigenvalue weighted by Crippen LogP contribution is 2.42. The third kappa shape index (κ3) is 1.15. The van der Waals surface area contributed by atoms with Gasteiger partial charge < -0.3 is 10.3 Å². The molecule has 1 fully saturated rings. The Labute approximate surface area is 84.0 Å². The van der Waals surface area contributed by atoms with Gasteiger partial charge in [0.1, 0.15) is 0 Å². The van der Waals surface area contributed by atoms with Crippen LogP contribution < -0.4 is 5.73 Å². The Balaban J connectivity index is 1.98. The van der Waals surface area contributed by atoms with E-state index in [9.17, 15) is 0 Å². The van der Waals surface area contributed by atoms with Gasteiger partial charge in [0.2, 0.25) is 11.7 Å². The Bertz CT molecular complexity index is 446. The molecule has 0 aliphatic heterocycles. The van der Waals surface area contributed by atoms with Crippen LogP contribution in [-0.4, -0.2) is 15.1 Å². The Kier molecular flexibility index (Phi) is 1.51. The van der Waals surface area contributed by atoms with E-state index in [2.05, 4.69) is 15.1 Å². The fourth-order valence-electron chi connectivity index (χ4n) is 1.20. The predicted octanol–water partition coefficient (Wildman–Crippen LogP) is 1.14. The monoisotopic (exact) mass is 208 g/mol. The Morgan fingerprint density at radius 2 is 2.36 bits per heavy atom. The topological polar surface area (TPSA) is 77.8 Å². The molecule has 0 amide bonds. The second kappa shape index (κ2) is 2.61. The van der Waals surface area contributed by atoms with Gasteiger partial charge in [0.15, 0.2) is 0 Å². The minimum absolute atomic E-state index is 0.351. The number of nitrogens with two attached hydrogens (primary N) is 1. The molecule has 1 saturated carbocycles. The first kappa shape index (κ1) is 8.07. The summed E-state index contributed by atoms with van der Waals surface area (Å²) in [5, 5.41) is 3.87. The summed E-state index contributed by atoms with van der Waals surface area (Å²) in [6.07, 6.45) is 3.57. The standard InChI is InChI=1S/C8H8N4OS/c9-8(1-2-8)7-11-6(12-13-7)5-3-10-4-14-5/h3-4H,1-2,9H2. The van der Waals surface area contributed by atoms with Crippen LogP contribution in [-0.2, 0) is 5.54 Å². The van der Waals surface area contributed by atoms with Gasteiger partial charge in [-0.2, -0.15) is 4.98 Å². The first-order valence-electron chi connectivity index (χ1n) is 4.30. The third-order valence-electron chi connectivity index (χ3n) is 2.29. The molecule has 0 bridgehead atoms. The molecule has 3 rings (SSSR count). The van der Waals surface area contributed by atoms with Gasteiger partial charge in [-0.3, -0.25) is 4.98 Å². The van der Waals surface area contributed by atoms with Crippen LogP contribution in [0.1, 0.15) is 18.7 Å². The van der Waals surface area contributed by atoms with E-state index in [0.717, 1.165) is 17.7 Å². The van der Waals surface area contributed by atoms with Crippen molar-refractivity contribution in [3.63, 3.8) is 0 Å². The lowest BCUT2D eigenvalue weighted by Crippen LogP contribution is -2.18. The normalized spacial score (nSPS) is 18.4. The molecule has 5 nitrogen and oxygen atoms in total. The van der Waals surface area contributed by atoms with Gasteiger partial charge in [-0.05, 0) is 12.8 Å². The van der Waals surface area contributed by atoms with Crippen LogP contribution in [0, 0.1) is 0 Å². The van der Waals surface area contributed by atoms with Crippen LogP contribution in [0.2, 0.25) is 0 Å². The van der Waals surface area contributed by atoms with Crippen molar-refractivity contribution >= 4 is 11.3 Å². The van der Waals surface area contributed by atoms with Crippen LogP contribution in [0.15, 0.2) is 16.2 Å². The average Bonchev–Trinajstić information content (AvgIpc) is 2.73. The van der Waals surface area contributed by atoms with Crippen LogP contribution in [0.3, 0.4) is 0 Å². The van der Waals surface area contributed by atoms with Crippen molar-refractivity contribution in [1.29, 1.82) is 0 Å². The predicted molar refractivity (Wildman–Crippen MR) is 50.5 cm³/mol. The SMILES string of the molecule is NC1(c2nc(-c3cncs3)no2)CC1. The number of hydrogen-bond donors (Lipinski definition) is 1. The molecule has 0 spiro atoms. The van der Waals surface area contributed by atoms with Gasteiger partial charge in [-0.25, -0.2) is 0 Å². The zero-order valence-corrected chi connectivity index (χ0v) is 8.12. The van der Waals surface area contributed by atoms with E-state index in [-0.39, 0.29) is 5.54 Å². The van der Waals surface area contributed by atoms with Gasteiger partial charge in [0.05, 0.1) is 15.9 Å². The van der Waals surface area contributed by atoms with Crippen molar-refractivity contribution in [1.82, 2.24) is 15.1 Å². The molecule has 14 heavy (non-hydrogen) atoms. The summed E-state index contributed by atoms with van der Waals surface area (Å²) >= 11 is 1.48. The van der Waals surface area contributed by atoms with Crippen molar-refractivity contribution in [3.05, 3.63) is 17.6 Å². The number of rotatable bonds is 2. The van der Waals surface area contributed by atoms with E-state index >= 15 is 0 Å². The van der Waals surface area contributed by atoms with E-state index in [1.807, 2.05) is 0 Å². The van der Waals surface area contributed by atoms with Crippen LogP contribution in [0.4, 0.5) is 0 Å². The smallest absolute Gasteiger partial charge is 0.247 e. The molecular weight excluding hydrogens is 200 g/mol. The molecule has 0 atom stereocenters. The molecule has 72 valence electrons. The van der Waals surface area contributed by atoms with E-state index in [4.69, 9.17) is 10.3 Å². The molecule has 6 heteroatoms. The molecule has 2 aromatic heterocycles. The summed E-state index contributed by atoms with van der Waals surface area (Å²) in [6.45, 7) is 0. The summed E-state index contributed by atoms with van der Waals surface area (Å²) in [7, 11) is 0. The minimum atomic E-state index is -0.351. The van der Waals surface area contributed by atoms with E-state index in [1.165, 1.54) is 11.3 Å². The quantitative estimate of drug-likeness (QED) is 0.800. The van der Waals surface area contributed by atoms with Crippen molar-refractivity contribution in [2.45, 2.75) is 18.4 Å². The molecule has 0 aromatic carbocycles. The fraction of sp³-hybridized carbons (Fsp3) is 0.375. The summed E-state index contributed by atoms with van der Waals surface area (Å²) in [5.74, 6) is 1.13. The second-order valence-corrected chi connectivity index (χ2v) is 4.33. The fourth-order valence-corrected chi connectivity index (χ4v) is 1.75. The molecule has 0 radical (unpaired) electrons. The van der Waals surface area contributed by atoms with Gasteiger partial charge in [0, 0.05) is 6.20 Å².